The molecule has 1 aromatic rings. The second kappa shape index (κ2) is 6.88. The van der Waals surface area contributed by atoms with Crippen LogP contribution >= 0.6 is 0 Å². The third kappa shape index (κ3) is 4.04. The van der Waals surface area contributed by atoms with Gasteiger partial charge in [0.25, 0.3) is 0 Å². The second-order valence-corrected chi connectivity index (χ2v) is 11.5. The van der Waals surface area contributed by atoms with E-state index in [0.717, 1.165) is 6.42 Å². The molecule has 0 bridgehead atoms. The van der Waals surface area contributed by atoms with Gasteiger partial charge in [0.05, 0.1) is 11.8 Å². The Morgan fingerprint density at radius 2 is 1.95 bits per heavy atom. The molecule has 1 aliphatic rings. The number of ketones is 1. The largest absolute Gasteiger partial charge is 0.373 e. The topological polar surface area (TPSA) is 29.6 Å². The summed E-state index contributed by atoms with van der Waals surface area (Å²) in [5, 5.41) is 1.45. The molecule has 0 aromatic heterocycles. The van der Waals surface area contributed by atoms with Crippen molar-refractivity contribution in [2.45, 2.75) is 64.5 Å². The van der Waals surface area contributed by atoms with Gasteiger partial charge in [-0.05, 0) is 19.3 Å². The first-order chi connectivity index (χ1) is 9.96. The van der Waals surface area contributed by atoms with Gasteiger partial charge in [0, 0.05) is 6.42 Å². The van der Waals surface area contributed by atoms with Gasteiger partial charge in [0.1, 0.15) is 13.9 Å². The van der Waals surface area contributed by atoms with Crippen molar-refractivity contribution in [3.63, 3.8) is 0 Å². The van der Waals surface area contributed by atoms with Gasteiger partial charge in [-0.15, -0.1) is 0 Å². The third-order valence-electron chi connectivity index (χ3n) is 4.70. The van der Waals surface area contributed by atoms with Crippen LogP contribution in [0.3, 0.4) is 0 Å². The van der Waals surface area contributed by atoms with Crippen molar-refractivity contribution in [1.82, 2.24) is 0 Å². The molecular formula is C18H28O2Si. The highest BCUT2D eigenvalue weighted by Crippen LogP contribution is 2.39. The maximum atomic E-state index is 11.5. The monoisotopic (exact) mass is 304 g/mol. The average Bonchev–Trinajstić information content (AvgIpc) is 3.25. The maximum absolute atomic E-state index is 11.5. The van der Waals surface area contributed by atoms with E-state index >= 15 is 0 Å². The highest BCUT2D eigenvalue weighted by Gasteiger charge is 2.54. The van der Waals surface area contributed by atoms with Gasteiger partial charge in [0.15, 0.2) is 0 Å². The number of carbonyl (C=O) groups is 1. The number of carbonyl (C=O) groups excluding carboxylic acids is 1. The van der Waals surface area contributed by atoms with Crippen LogP contribution in [0.1, 0.15) is 39.5 Å². The number of rotatable bonds is 8. The predicted molar refractivity (Wildman–Crippen MR) is 90.5 cm³/mol. The molecule has 0 N–H and O–H groups in total. The summed E-state index contributed by atoms with van der Waals surface area (Å²) < 4.78 is 6.11. The summed E-state index contributed by atoms with van der Waals surface area (Å²) in [4.78, 5) is 11.5. The summed E-state index contributed by atoms with van der Waals surface area (Å²) in [6.07, 6.45) is 4.49. The molecular weight excluding hydrogens is 276 g/mol. The third-order valence-corrected chi connectivity index (χ3v) is 8.41. The SMILES string of the molecule is CCCC[C@H](CC(C)=O)[C@H]1O[C@H]1[Si](C)(C)c1ccccc1. The smallest absolute Gasteiger partial charge is 0.130 e. The number of benzene rings is 1. The fraction of sp³-hybridized carbons (Fsp3) is 0.611. The van der Waals surface area contributed by atoms with E-state index in [0.29, 0.717) is 30.0 Å². The van der Waals surface area contributed by atoms with Gasteiger partial charge in [-0.3, -0.25) is 0 Å². The molecule has 0 amide bonds. The van der Waals surface area contributed by atoms with E-state index in [1.165, 1.54) is 18.0 Å². The van der Waals surface area contributed by atoms with Gasteiger partial charge >= 0.3 is 0 Å². The fourth-order valence-corrected chi connectivity index (χ4v) is 6.28. The van der Waals surface area contributed by atoms with Crippen molar-refractivity contribution in [1.29, 1.82) is 0 Å². The van der Waals surface area contributed by atoms with E-state index in [4.69, 9.17) is 4.74 Å². The molecule has 0 spiro atoms. The average molecular weight is 305 g/mol. The molecule has 2 nitrogen and oxygen atoms in total. The first kappa shape index (κ1) is 16.4. The van der Waals surface area contributed by atoms with Crippen molar-refractivity contribution in [3.05, 3.63) is 30.3 Å². The van der Waals surface area contributed by atoms with Crippen molar-refractivity contribution in [3.8, 4) is 0 Å². The Hall–Kier alpha value is -0.933. The van der Waals surface area contributed by atoms with Gasteiger partial charge in [-0.25, -0.2) is 0 Å². The van der Waals surface area contributed by atoms with E-state index in [1.54, 1.807) is 6.92 Å². The molecule has 21 heavy (non-hydrogen) atoms. The summed E-state index contributed by atoms with van der Waals surface area (Å²) in [6.45, 7) is 8.68. The Kier molecular flexibility index (Phi) is 5.39. The normalized spacial score (nSPS) is 22.9. The Labute approximate surface area is 129 Å². The molecule has 0 unspecified atom stereocenters. The zero-order valence-electron chi connectivity index (χ0n) is 13.8. The molecule has 116 valence electrons. The molecule has 2 rings (SSSR count). The maximum Gasteiger partial charge on any atom is 0.130 e. The van der Waals surface area contributed by atoms with E-state index < -0.39 is 8.07 Å². The van der Waals surface area contributed by atoms with Gasteiger partial charge < -0.3 is 9.53 Å². The molecule has 0 radical (unpaired) electrons. The van der Waals surface area contributed by atoms with E-state index in [1.807, 2.05) is 0 Å². The molecule has 1 aliphatic heterocycles. The van der Waals surface area contributed by atoms with Gasteiger partial charge in [-0.1, -0.05) is 68.4 Å². The molecule has 0 saturated carbocycles. The summed E-state index contributed by atoms with van der Waals surface area (Å²) in [7, 11) is -1.60. The van der Waals surface area contributed by atoms with Crippen molar-refractivity contribution in [2.24, 2.45) is 5.92 Å². The standard InChI is InChI=1S/C18H28O2Si/c1-5-6-10-15(13-14(2)19)17-18(20-17)21(3,4)16-11-8-7-9-12-16/h7-9,11-12,15,17-18H,5-6,10,13H2,1-4H3/t15-,17-,18+/m1/s1. The van der Waals surface area contributed by atoms with Crippen LogP contribution in [0.5, 0.6) is 0 Å². The lowest BCUT2D eigenvalue weighted by molar-refractivity contribution is -0.118. The summed E-state index contributed by atoms with van der Waals surface area (Å²) in [5.41, 5.74) is 0.376. The Bertz CT molecular complexity index is 469. The summed E-state index contributed by atoms with van der Waals surface area (Å²) in [5.74, 6) is 0.715. The van der Waals surface area contributed by atoms with E-state index in [2.05, 4.69) is 50.3 Å². The van der Waals surface area contributed by atoms with Crippen LogP contribution in [0.25, 0.3) is 0 Å². The second-order valence-electron chi connectivity index (χ2n) is 6.92. The lowest BCUT2D eigenvalue weighted by Gasteiger charge is -2.22. The van der Waals surface area contributed by atoms with Crippen LogP contribution in [0, 0.1) is 5.92 Å². The molecule has 1 fully saturated rings. The molecule has 1 saturated heterocycles. The van der Waals surface area contributed by atoms with Crippen LogP contribution in [0.2, 0.25) is 13.1 Å². The Balaban J connectivity index is 2.05. The number of hydrogen-bond donors (Lipinski definition) is 0. The number of hydrogen-bond acceptors (Lipinski definition) is 2. The first-order valence-corrected chi connectivity index (χ1v) is 11.2. The lowest BCUT2D eigenvalue weighted by Crippen LogP contribution is -2.48. The minimum Gasteiger partial charge on any atom is -0.373 e. The number of epoxide rings is 1. The minimum absolute atomic E-state index is 0.296. The molecule has 3 atom stereocenters. The number of unbranched alkanes of at least 4 members (excludes halogenated alkanes) is 1. The highest BCUT2D eigenvalue weighted by molar-refractivity contribution is 6.91. The van der Waals surface area contributed by atoms with Crippen LogP contribution in [-0.2, 0) is 9.53 Å². The van der Waals surface area contributed by atoms with E-state index in [9.17, 15) is 4.79 Å². The zero-order valence-corrected chi connectivity index (χ0v) is 14.8. The molecule has 1 aromatic carbocycles. The molecule has 3 heteroatoms. The minimum atomic E-state index is -1.60. The zero-order chi connectivity index (χ0) is 15.5. The van der Waals surface area contributed by atoms with E-state index in [-0.39, 0.29) is 0 Å². The summed E-state index contributed by atoms with van der Waals surface area (Å²) in [6, 6.07) is 10.8. The predicted octanol–water partition coefficient (Wildman–Crippen LogP) is 3.69. The van der Waals surface area contributed by atoms with Crippen LogP contribution in [-0.4, -0.2) is 25.7 Å². The summed E-state index contributed by atoms with van der Waals surface area (Å²) >= 11 is 0. The Morgan fingerprint density at radius 1 is 1.29 bits per heavy atom. The Morgan fingerprint density at radius 3 is 2.52 bits per heavy atom. The van der Waals surface area contributed by atoms with Crippen LogP contribution in [0.15, 0.2) is 30.3 Å². The fourth-order valence-electron chi connectivity index (χ4n) is 3.31. The lowest BCUT2D eigenvalue weighted by atomic mass is 9.93. The quantitative estimate of drug-likeness (QED) is 0.541. The molecule has 0 aliphatic carbocycles. The number of Topliss-reactive ketones (excluding diaryl/α,β-unsaturated/α-hetero) is 1. The highest BCUT2D eigenvalue weighted by atomic mass is 28.3. The van der Waals surface area contributed by atoms with Gasteiger partial charge in [-0.2, -0.15) is 0 Å². The number of ether oxygens (including phenoxy) is 1. The van der Waals surface area contributed by atoms with Crippen molar-refractivity contribution >= 4 is 19.0 Å². The van der Waals surface area contributed by atoms with Crippen LogP contribution in [0.4, 0.5) is 0 Å². The molecule has 1 heterocycles. The van der Waals surface area contributed by atoms with Gasteiger partial charge in [0.2, 0.25) is 0 Å². The van der Waals surface area contributed by atoms with Crippen LogP contribution < -0.4 is 5.19 Å². The first-order valence-electron chi connectivity index (χ1n) is 8.17. The van der Waals surface area contributed by atoms with Crippen molar-refractivity contribution in [2.75, 3.05) is 0 Å². The van der Waals surface area contributed by atoms with Crippen molar-refractivity contribution < 1.29 is 9.53 Å².